The van der Waals surface area contributed by atoms with E-state index in [9.17, 15) is 4.79 Å². The van der Waals surface area contributed by atoms with E-state index in [1.807, 2.05) is 6.92 Å². The van der Waals surface area contributed by atoms with Gasteiger partial charge in [0, 0.05) is 15.6 Å². The summed E-state index contributed by atoms with van der Waals surface area (Å²) < 4.78 is 16.0. The van der Waals surface area contributed by atoms with Crippen molar-refractivity contribution in [2.75, 3.05) is 0 Å². The van der Waals surface area contributed by atoms with Crippen LogP contribution in [0.25, 0.3) is 0 Å². The molecule has 0 aliphatic heterocycles. The first-order valence-electron chi connectivity index (χ1n) is 2.13. The van der Waals surface area contributed by atoms with Crippen LogP contribution in [0.15, 0.2) is 0 Å². The topological polar surface area (TPSA) is 37.3 Å². The van der Waals surface area contributed by atoms with Crippen molar-refractivity contribution in [2.45, 2.75) is 19.8 Å². The Morgan fingerprint density at radius 2 is 2.00 bits per heavy atom. The molecule has 0 aliphatic rings. The molecular formula is C4H8F2O2. The first-order chi connectivity index (χ1) is 3.77. The number of carbonyl (C=O) groups is 1. The van der Waals surface area contributed by atoms with Gasteiger partial charge in [-0.3, -0.25) is 4.79 Å². The van der Waals surface area contributed by atoms with E-state index in [-0.39, 0.29) is 0 Å². The second-order valence-electron chi connectivity index (χ2n) is 1.14. The second-order valence-corrected chi connectivity index (χ2v) is 1.14. The molecule has 0 aromatic rings. The number of hydrogen-bond acceptors (Lipinski definition) is 1. The van der Waals surface area contributed by atoms with Crippen molar-refractivity contribution >= 4 is 5.97 Å². The molecule has 0 saturated carbocycles. The van der Waals surface area contributed by atoms with Crippen molar-refractivity contribution in [1.29, 1.82) is 0 Å². The number of aliphatic carboxylic acids is 1. The van der Waals surface area contributed by atoms with Gasteiger partial charge in [-0.05, 0) is 6.42 Å². The Morgan fingerprint density at radius 3 is 2.00 bits per heavy atom. The predicted molar refractivity (Wildman–Crippen MR) is 24.8 cm³/mol. The van der Waals surface area contributed by atoms with E-state index in [1.54, 1.807) is 0 Å². The van der Waals surface area contributed by atoms with E-state index < -0.39 is 5.97 Å². The van der Waals surface area contributed by atoms with E-state index in [0.717, 1.165) is 6.42 Å². The van der Waals surface area contributed by atoms with Crippen molar-refractivity contribution in [1.82, 2.24) is 0 Å². The van der Waals surface area contributed by atoms with Crippen LogP contribution in [0.1, 0.15) is 19.8 Å². The van der Waals surface area contributed by atoms with Crippen molar-refractivity contribution in [3.63, 3.8) is 0 Å². The summed E-state index contributed by atoms with van der Waals surface area (Å²) in [5, 5.41) is 7.91. The Labute approximate surface area is 46.0 Å². The van der Waals surface area contributed by atoms with Gasteiger partial charge in [0.15, 0.2) is 0 Å². The lowest BCUT2D eigenvalue weighted by atomic mass is 10.4. The average molecular weight is 126 g/mol. The fourth-order valence-electron chi connectivity index (χ4n) is 0.214. The highest BCUT2D eigenvalue weighted by Crippen LogP contribution is 1.82. The first kappa shape index (κ1) is 10.3. The molecule has 8 heavy (non-hydrogen) atoms. The highest BCUT2D eigenvalue weighted by Gasteiger charge is 1.87. The SMILES string of the molecule is CCCC(=O)O.FF. The molecule has 50 valence electrons. The van der Waals surface area contributed by atoms with Gasteiger partial charge in [-0.15, -0.1) is 0 Å². The van der Waals surface area contributed by atoms with E-state index >= 15 is 0 Å². The Balaban J connectivity index is 0. The highest BCUT2D eigenvalue weighted by atomic mass is 20.0. The molecule has 1 N–H and O–H groups in total. The minimum absolute atomic E-state index is 0.292. The molecule has 0 radical (unpaired) electrons. The van der Waals surface area contributed by atoms with Crippen LogP contribution in [0.3, 0.4) is 0 Å². The van der Waals surface area contributed by atoms with Crippen LogP contribution in [-0.4, -0.2) is 11.1 Å². The van der Waals surface area contributed by atoms with Crippen molar-refractivity contribution < 1.29 is 19.0 Å². The summed E-state index contributed by atoms with van der Waals surface area (Å²) >= 11 is 0. The average Bonchev–Trinajstić information content (AvgIpc) is 1.72. The molecule has 0 bridgehead atoms. The maximum Gasteiger partial charge on any atom is 0.303 e. The van der Waals surface area contributed by atoms with Crippen LogP contribution in [0.4, 0.5) is 9.15 Å². The minimum Gasteiger partial charge on any atom is -0.481 e. The molecule has 0 rings (SSSR count). The number of carboxylic acids is 1. The van der Waals surface area contributed by atoms with Crippen LogP contribution in [0.2, 0.25) is 0 Å². The van der Waals surface area contributed by atoms with Crippen molar-refractivity contribution in [2.24, 2.45) is 0 Å². The number of rotatable bonds is 2. The molecule has 0 aromatic heterocycles. The summed E-state index contributed by atoms with van der Waals surface area (Å²) in [6.07, 6.45) is 1.02. The Morgan fingerprint density at radius 1 is 1.62 bits per heavy atom. The van der Waals surface area contributed by atoms with Gasteiger partial charge in [-0.1, -0.05) is 6.92 Å². The van der Waals surface area contributed by atoms with Gasteiger partial charge in [0.05, 0.1) is 0 Å². The lowest BCUT2D eigenvalue weighted by Crippen LogP contribution is -1.90. The smallest absolute Gasteiger partial charge is 0.303 e. The van der Waals surface area contributed by atoms with Gasteiger partial charge in [0.25, 0.3) is 0 Å². The zero-order chi connectivity index (χ0) is 6.99. The van der Waals surface area contributed by atoms with Gasteiger partial charge in [-0.25, -0.2) is 0 Å². The van der Waals surface area contributed by atoms with Gasteiger partial charge >= 0.3 is 5.97 Å². The molecule has 2 nitrogen and oxygen atoms in total. The molecule has 4 heteroatoms. The minimum atomic E-state index is -0.711. The summed E-state index contributed by atoms with van der Waals surface area (Å²) in [6.45, 7) is 1.84. The molecule has 0 saturated heterocycles. The third kappa shape index (κ3) is 18.4. The number of carboxylic acid groups (broad SMARTS) is 1. The zero-order valence-electron chi connectivity index (χ0n) is 4.53. The summed E-state index contributed by atoms with van der Waals surface area (Å²) in [7, 11) is 0. The summed E-state index contributed by atoms with van der Waals surface area (Å²) in [6, 6.07) is 0. The fourth-order valence-corrected chi connectivity index (χ4v) is 0.214. The Bertz CT molecular complexity index is 56.0. The normalized spacial score (nSPS) is 6.88. The van der Waals surface area contributed by atoms with Gasteiger partial charge < -0.3 is 5.11 Å². The second kappa shape index (κ2) is 9.59. The van der Waals surface area contributed by atoms with Crippen LogP contribution in [-0.2, 0) is 4.79 Å². The zero-order valence-corrected chi connectivity index (χ0v) is 4.53. The molecule has 0 heterocycles. The summed E-state index contributed by atoms with van der Waals surface area (Å²) in [4.78, 5) is 9.60. The van der Waals surface area contributed by atoms with Gasteiger partial charge in [-0.2, -0.15) is 0 Å². The molecule has 0 spiro atoms. The van der Waals surface area contributed by atoms with Crippen LogP contribution in [0.5, 0.6) is 0 Å². The first-order valence-corrected chi connectivity index (χ1v) is 2.13. The van der Waals surface area contributed by atoms with E-state index in [0.29, 0.717) is 6.42 Å². The molecular weight excluding hydrogens is 118 g/mol. The third-order valence-corrected chi connectivity index (χ3v) is 0.464. The van der Waals surface area contributed by atoms with Gasteiger partial charge in [0.2, 0.25) is 0 Å². The van der Waals surface area contributed by atoms with Gasteiger partial charge in [0.1, 0.15) is 0 Å². The maximum atomic E-state index is 9.60. The predicted octanol–water partition coefficient (Wildman–Crippen LogP) is 1.71. The molecule has 0 aliphatic carbocycles. The van der Waals surface area contributed by atoms with Crippen LogP contribution >= 0.6 is 0 Å². The van der Waals surface area contributed by atoms with E-state index in [4.69, 9.17) is 14.3 Å². The number of hydrogen-bond donors (Lipinski definition) is 1. The summed E-state index contributed by atoms with van der Waals surface area (Å²) in [5.74, 6) is -0.711. The Hall–Kier alpha value is -0.670. The molecule has 0 aromatic carbocycles. The molecule has 0 unspecified atom stereocenters. The van der Waals surface area contributed by atoms with Crippen LogP contribution < -0.4 is 0 Å². The lowest BCUT2D eigenvalue weighted by molar-refractivity contribution is -0.137. The largest absolute Gasteiger partial charge is 0.481 e. The third-order valence-electron chi connectivity index (χ3n) is 0.464. The van der Waals surface area contributed by atoms with E-state index in [2.05, 4.69) is 0 Å². The summed E-state index contributed by atoms with van der Waals surface area (Å²) in [5.41, 5.74) is 0. The number of halogens is 2. The quantitative estimate of drug-likeness (QED) is 0.611. The molecule has 0 fully saturated rings. The van der Waals surface area contributed by atoms with E-state index in [1.165, 1.54) is 0 Å². The molecule has 0 atom stereocenters. The fraction of sp³-hybridized carbons (Fsp3) is 0.750. The highest BCUT2D eigenvalue weighted by molar-refractivity contribution is 5.66. The Kier molecular flexibility index (Phi) is 12.4. The lowest BCUT2D eigenvalue weighted by Gasteiger charge is -1.79. The van der Waals surface area contributed by atoms with Crippen molar-refractivity contribution in [3.05, 3.63) is 0 Å². The monoisotopic (exact) mass is 126 g/mol. The standard InChI is InChI=1S/C4H8O2.F2/c1-2-3-4(5)6;1-2/h2-3H2,1H3,(H,5,6);. The maximum absolute atomic E-state index is 9.60. The van der Waals surface area contributed by atoms with Crippen molar-refractivity contribution in [3.8, 4) is 0 Å². The molecule has 0 amide bonds. The van der Waals surface area contributed by atoms with Crippen LogP contribution in [0, 0.1) is 0 Å².